The maximum absolute atomic E-state index is 12.9. The summed E-state index contributed by atoms with van der Waals surface area (Å²) >= 11 is 0. The molecule has 2 aromatic heterocycles. The van der Waals surface area contributed by atoms with Gasteiger partial charge in [0.05, 0.1) is 0 Å². The molecule has 3 aromatic rings. The van der Waals surface area contributed by atoms with Crippen molar-refractivity contribution >= 4 is 16.9 Å². The van der Waals surface area contributed by atoms with Gasteiger partial charge >= 0.3 is 5.63 Å². The lowest BCUT2D eigenvalue weighted by atomic mass is 10.0. The van der Waals surface area contributed by atoms with E-state index < -0.39 is 11.7 Å². The number of H-pyrrole nitrogens is 1. The van der Waals surface area contributed by atoms with Gasteiger partial charge in [0.2, 0.25) is 5.56 Å². The van der Waals surface area contributed by atoms with Crippen molar-refractivity contribution in [3.05, 3.63) is 74.0 Å². The number of carbonyl (C=O) groups is 1. The molecule has 0 aliphatic carbocycles. The molecule has 1 aromatic carbocycles. The molecule has 0 saturated carbocycles. The minimum absolute atomic E-state index is 0.130. The monoisotopic (exact) mass is 394 g/mol. The number of aromatic nitrogens is 1. The van der Waals surface area contributed by atoms with Gasteiger partial charge in [-0.2, -0.15) is 0 Å². The number of ether oxygens (including phenoxy) is 1. The van der Waals surface area contributed by atoms with Crippen molar-refractivity contribution in [1.82, 2.24) is 9.88 Å². The number of aryl methyl sites for hydroxylation is 1. The molecular formula is C22H22N2O5. The van der Waals surface area contributed by atoms with E-state index in [-0.39, 0.29) is 11.5 Å². The highest BCUT2D eigenvalue weighted by atomic mass is 16.5. The minimum Gasteiger partial charge on any atom is -0.481 e. The molecule has 3 heterocycles. The van der Waals surface area contributed by atoms with Crippen LogP contribution in [0.4, 0.5) is 0 Å². The molecular weight excluding hydrogens is 372 g/mol. The summed E-state index contributed by atoms with van der Waals surface area (Å²) in [6.07, 6.45) is 2.33. The number of nitrogens with one attached hydrogen (secondary N) is 1. The van der Waals surface area contributed by atoms with Gasteiger partial charge in [-0.3, -0.25) is 9.59 Å². The maximum atomic E-state index is 12.9. The molecule has 1 N–H and O–H groups in total. The molecule has 1 aliphatic heterocycles. The number of carbonyl (C=O) groups excluding carboxylic acids is 1. The number of nitrogens with zero attached hydrogens (tertiary/aromatic N) is 1. The Balaban J connectivity index is 1.51. The number of hydrogen-bond donors (Lipinski definition) is 1. The van der Waals surface area contributed by atoms with Crippen molar-refractivity contribution < 1.29 is 13.9 Å². The van der Waals surface area contributed by atoms with Gasteiger partial charge in [0, 0.05) is 42.9 Å². The number of rotatable bonds is 4. The van der Waals surface area contributed by atoms with E-state index in [0.29, 0.717) is 30.8 Å². The summed E-state index contributed by atoms with van der Waals surface area (Å²) < 4.78 is 11.1. The maximum Gasteiger partial charge on any atom is 0.336 e. The Hall–Kier alpha value is -3.35. The first-order valence-electron chi connectivity index (χ1n) is 9.67. The van der Waals surface area contributed by atoms with E-state index in [0.717, 1.165) is 28.5 Å². The standard InChI is InChI=1S/C22H22N2O5/c1-3-14-9-21(26)29-19-10-17(4-5-18(14)19)28-13(2)22(27)24-7-6-15-8-20(25)23-11-16(15)12-24/h4-5,8-11,13H,3,6-7,12H2,1-2H3,(H,23,25). The summed E-state index contributed by atoms with van der Waals surface area (Å²) in [6.45, 7) is 4.65. The summed E-state index contributed by atoms with van der Waals surface area (Å²) in [6, 6.07) is 8.36. The number of fused-ring (bicyclic) bond motifs is 2. The van der Waals surface area contributed by atoms with Gasteiger partial charge in [0.1, 0.15) is 11.3 Å². The van der Waals surface area contributed by atoms with Gasteiger partial charge in [-0.05, 0) is 48.6 Å². The Kier molecular flexibility index (Phi) is 4.96. The van der Waals surface area contributed by atoms with Crippen LogP contribution in [-0.4, -0.2) is 28.4 Å². The van der Waals surface area contributed by atoms with E-state index in [4.69, 9.17) is 9.15 Å². The van der Waals surface area contributed by atoms with E-state index in [1.807, 2.05) is 13.0 Å². The zero-order valence-electron chi connectivity index (χ0n) is 16.4. The summed E-state index contributed by atoms with van der Waals surface area (Å²) in [5.74, 6) is 0.335. The van der Waals surface area contributed by atoms with Crippen molar-refractivity contribution in [1.29, 1.82) is 0 Å². The number of aromatic amines is 1. The van der Waals surface area contributed by atoms with Crippen LogP contribution in [0.3, 0.4) is 0 Å². The zero-order chi connectivity index (χ0) is 20.5. The van der Waals surface area contributed by atoms with Gasteiger partial charge in [0.25, 0.3) is 5.91 Å². The van der Waals surface area contributed by atoms with Crippen molar-refractivity contribution in [2.24, 2.45) is 0 Å². The zero-order valence-corrected chi connectivity index (χ0v) is 16.4. The average Bonchev–Trinajstić information content (AvgIpc) is 2.71. The smallest absolute Gasteiger partial charge is 0.336 e. The molecule has 29 heavy (non-hydrogen) atoms. The number of pyridine rings is 1. The third-order valence-corrected chi connectivity index (χ3v) is 5.27. The highest BCUT2D eigenvalue weighted by Crippen LogP contribution is 2.24. The van der Waals surface area contributed by atoms with Crippen molar-refractivity contribution in [3.8, 4) is 5.75 Å². The minimum atomic E-state index is -0.696. The fourth-order valence-corrected chi connectivity index (χ4v) is 3.74. The summed E-state index contributed by atoms with van der Waals surface area (Å²) in [5.41, 5.74) is 2.74. The molecule has 1 atom stereocenters. The molecule has 7 heteroatoms. The van der Waals surface area contributed by atoms with Gasteiger partial charge in [0.15, 0.2) is 6.10 Å². The molecule has 1 aliphatic rings. The lowest BCUT2D eigenvalue weighted by molar-refractivity contribution is -0.138. The second-order valence-electron chi connectivity index (χ2n) is 7.22. The summed E-state index contributed by atoms with van der Waals surface area (Å²) in [7, 11) is 0. The Morgan fingerprint density at radius 2 is 2.07 bits per heavy atom. The lowest BCUT2D eigenvalue weighted by Crippen LogP contribution is -2.43. The first-order chi connectivity index (χ1) is 13.9. The van der Waals surface area contributed by atoms with Crippen LogP contribution in [0.1, 0.15) is 30.5 Å². The van der Waals surface area contributed by atoms with Crippen molar-refractivity contribution in [2.75, 3.05) is 6.54 Å². The first kappa shape index (κ1) is 19.0. The number of hydrogen-bond acceptors (Lipinski definition) is 5. The van der Waals surface area contributed by atoms with Crippen molar-refractivity contribution in [3.63, 3.8) is 0 Å². The lowest BCUT2D eigenvalue weighted by Gasteiger charge is -2.30. The molecule has 1 amide bonds. The summed E-state index contributed by atoms with van der Waals surface area (Å²) in [5, 5.41) is 0.861. The molecule has 0 radical (unpaired) electrons. The van der Waals surface area contributed by atoms with Crippen LogP contribution in [0, 0.1) is 0 Å². The number of amides is 1. The predicted molar refractivity (Wildman–Crippen MR) is 108 cm³/mol. The van der Waals surface area contributed by atoms with Crippen molar-refractivity contribution in [2.45, 2.75) is 39.3 Å². The van der Waals surface area contributed by atoms with Gasteiger partial charge in [-0.15, -0.1) is 0 Å². The summed E-state index contributed by atoms with van der Waals surface area (Å²) in [4.78, 5) is 40.4. The second-order valence-corrected chi connectivity index (χ2v) is 7.22. The molecule has 150 valence electrons. The molecule has 0 saturated heterocycles. The van der Waals surface area contributed by atoms with E-state index >= 15 is 0 Å². The van der Waals surface area contributed by atoms with E-state index in [1.54, 1.807) is 36.2 Å². The SMILES string of the molecule is CCc1cc(=O)oc2cc(OC(C)C(=O)N3CCc4cc(=O)[nH]cc4C3)ccc12. The van der Waals surface area contributed by atoms with E-state index in [1.165, 1.54) is 6.07 Å². The third-order valence-electron chi connectivity index (χ3n) is 5.27. The van der Waals surface area contributed by atoms with Crippen LogP contribution in [0.15, 0.2) is 50.5 Å². The molecule has 0 bridgehead atoms. The van der Waals surface area contributed by atoms with Crippen LogP contribution in [0.25, 0.3) is 11.0 Å². The predicted octanol–water partition coefficient (Wildman–Crippen LogP) is 2.40. The van der Waals surface area contributed by atoms with Gasteiger partial charge in [-0.25, -0.2) is 4.79 Å². The van der Waals surface area contributed by atoms with Crippen LogP contribution < -0.4 is 15.9 Å². The van der Waals surface area contributed by atoms with Gasteiger partial charge in [-0.1, -0.05) is 6.92 Å². The Morgan fingerprint density at radius 1 is 1.24 bits per heavy atom. The molecule has 7 nitrogen and oxygen atoms in total. The Bertz CT molecular complexity index is 1190. The van der Waals surface area contributed by atoms with Crippen LogP contribution in [0.5, 0.6) is 5.75 Å². The van der Waals surface area contributed by atoms with Crippen LogP contribution in [0.2, 0.25) is 0 Å². The fraction of sp³-hybridized carbons (Fsp3) is 0.318. The van der Waals surface area contributed by atoms with Crippen LogP contribution in [-0.2, 0) is 24.2 Å². The van der Waals surface area contributed by atoms with Gasteiger partial charge < -0.3 is 19.0 Å². The fourth-order valence-electron chi connectivity index (χ4n) is 3.74. The first-order valence-corrected chi connectivity index (χ1v) is 9.67. The quantitative estimate of drug-likeness (QED) is 0.686. The molecule has 1 unspecified atom stereocenters. The Morgan fingerprint density at radius 3 is 2.86 bits per heavy atom. The highest BCUT2D eigenvalue weighted by molar-refractivity contribution is 5.83. The highest BCUT2D eigenvalue weighted by Gasteiger charge is 2.26. The Labute approximate surface area is 166 Å². The topological polar surface area (TPSA) is 92.6 Å². The van der Waals surface area contributed by atoms with Crippen LogP contribution >= 0.6 is 0 Å². The van der Waals surface area contributed by atoms with E-state index in [9.17, 15) is 14.4 Å². The van der Waals surface area contributed by atoms with E-state index in [2.05, 4.69) is 4.98 Å². The molecule has 0 fully saturated rings. The average molecular weight is 394 g/mol. The number of benzene rings is 1. The second kappa shape index (κ2) is 7.58. The molecule has 0 spiro atoms. The third kappa shape index (κ3) is 3.81. The largest absolute Gasteiger partial charge is 0.481 e. The normalized spacial score (nSPS) is 14.5. The molecule has 4 rings (SSSR count).